The summed E-state index contributed by atoms with van der Waals surface area (Å²) >= 11 is 5.77. The van der Waals surface area contributed by atoms with E-state index in [0.717, 1.165) is 17.8 Å². The van der Waals surface area contributed by atoms with Gasteiger partial charge in [0.25, 0.3) is 0 Å². The minimum Gasteiger partial charge on any atom is -0.381 e. The Balaban J connectivity index is 1.64. The van der Waals surface area contributed by atoms with E-state index in [1.54, 1.807) is 24.9 Å². The average Bonchev–Trinajstić information content (AvgIpc) is 3.00. The van der Waals surface area contributed by atoms with Gasteiger partial charge in [-0.2, -0.15) is 0 Å². The molecule has 3 rings (SSSR count). The first-order valence-electron chi connectivity index (χ1n) is 6.55. The maximum absolute atomic E-state index is 5.77. The van der Waals surface area contributed by atoms with Gasteiger partial charge < -0.3 is 9.88 Å². The lowest BCUT2D eigenvalue weighted by Gasteiger charge is -2.09. The Hall–Kier alpha value is -2.40. The van der Waals surface area contributed by atoms with Crippen LogP contribution in [0.25, 0.3) is 0 Å². The number of rotatable bonds is 5. The van der Waals surface area contributed by atoms with Gasteiger partial charge in [0.15, 0.2) is 0 Å². The van der Waals surface area contributed by atoms with Gasteiger partial charge in [0, 0.05) is 18.4 Å². The van der Waals surface area contributed by atoms with Gasteiger partial charge in [0.2, 0.25) is 0 Å². The summed E-state index contributed by atoms with van der Waals surface area (Å²) < 4.78 is 1.93. The number of halogens is 1. The minimum atomic E-state index is 0.509. The molecule has 0 aliphatic heterocycles. The lowest BCUT2D eigenvalue weighted by Crippen LogP contribution is -2.01. The van der Waals surface area contributed by atoms with Crippen LogP contribution in [0, 0.1) is 0 Å². The Labute approximate surface area is 127 Å². The Morgan fingerprint density at radius 2 is 1.90 bits per heavy atom. The van der Waals surface area contributed by atoms with E-state index < -0.39 is 0 Å². The molecule has 0 bridgehead atoms. The third-order valence-electron chi connectivity index (χ3n) is 3.04. The van der Waals surface area contributed by atoms with Gasteiger partial charge in [-0.15, -0.1) is 10.2 Å². The van der Waals surface area contributed by atoms with Crippen molar-refractivity contribution >= 4 is 17.3 Å². The van der Waals surface area contributed by atoms with E-state index in [1.807, 2.05) is 22.8 Å². The van der Waals surface area contributed by atoms with Gasteiger partial charge in [-0.05, 0) is 29.3 Å². The molecule has 5 nitrogen and oxygen atoms in total. The molecule has 0 atom stereocenters. The van der Waals surface area contributed by atoms with Gasteiger partial charge in [-0.25, -0.2) is 4.98 Å². The SMILES string of the molecule is Clc1ccc(CNc2cccc(Cn3cnnc3)c2)cn1. The van der Waals surface area contributed by atoms with Gasteiger partial charge in [-0.3, -0.25) is 0 Å². The van der Waals surface area contributed by atoms with Crippen LogP contribution in [0.15, 0.2) is 55.2 Å². The number of benzene rings is 1. The maximum Gasteiger partial charge on any atom is 0.129 e. The Morgan fingerprint density at radius 3 is 2.67 bits per heavy atom. The summed E-state index contributed by atoms with van der Waals surface area (Å²) in [5.74, 6) is 0. The lowest BCUT2D eigenvalue weighted by atomic mass is 10.2. The highest BCUT2D eigenvalue weighted by atomic mass is 35.5. The monoisotopic (exact) mass is 299 g/mol. The molecule has 21 heavy (non-hydrogen) atoms. The van der Waals surface area contributed by atoms with Crippen LogP contribution >= 0.6 is 11.6 Å². The van der Waals surface area contributed by atoms with Crippen LogP contribution in [0.2, 0.25) is 5.15 Å². The second kappa shape index (κ2) is 6.37. The highest BCUT2D eigenvalue weighted by molar-refractivity contribution is 6.29. The average molecular weight is 300 g/mol. The Kier molecular flexibility index (Phi) is 4.12. The highest BCUT2D eigenvalue weighted by Crippen LogP contribution is 2.13. The van der Waals surface area contributed by atoms with Gasteiger partial charge in [0.1, 0.15) is 17.8 Å². The molecule has 0 unspecified atom stereocenters. The number of nitrogens with zero attached hydrogens (tertiary/aromatic N) is 4. The van der Waals surface area contributed by atoms with Crippen LogP contribution in [0.1, 0.15) is 11.1 Å². The van der Waals surface area contributed by atoms with E-state index in [9.17, 15) is 0 Å². The highest BCUT2D eigenvalue weighted by Gasteiger charge is 1.99. The van der Waals surface area contributed by atoms with Crippen molar-refractivity contribution < 1.29 is 0 Å². The van der Waals surface area contributed by atoms with Crippen molar-refractivity contribution in [2.24, 2.45) is 0 Å². The molecule has 0 radical (unpaired) electrons. The largest absolute Gasteiger partial charge is 0.381 e. The summed E-state index contributed by atoms with van der Waals surface area (Å²) in [5, 5.41) is 11.5. The quantitative estimate of drug-likeness (QED) is 0.736. The minimum absolute atomic E-state index is 0.509. The molecule has 0 fully saturated rings. The lowest BCUT2D eigenvalue weighted by molar-refractivity contribution is 0.794. The van der Waals surface area contributed by atoms with Gasteiger partial charge in [0.05, 0.1) is 6.54 Å². The van der Waals surface area contributed by atoms with Crippen LogP contribution in [0.3, 0.4) is 0 Å². The molecule has 1 N–H and O–H groups in total. The molecule has 0 saturated carbocycles. The second-order valence-corrected chi connectivity index (χ2v) is 5.06. The fraction of sp³-hybridized carbons (Fsp3) is 0.133. The molecule has 6 heteroatoms. The standard InChI is InChI=1S/C15H14ClN5/c16-15-5-4-13(8-18-15)7-17-14-3-1-2-12(6-14)9-21-10-19-20-11-21/h1-6,8,10-11,17H,7,9H2. The second-order valence-electron chi connectivity index (χ2n) is 4.68. The smallest absolute Gasteiger partial charge is 0.129 e. The Bertz CT molecular complexity index is 694. The number of aromatic nitrogens is 4. The van der Waals surface area contributed by atoms with Crippen molar-refractivity contribution in [3.8, 4) is 0 Å². The predicted molar refractivity (Wildman–Crippen MR) is 82.1 cm³/mol. The molecule has 0 amide bonds. The van der Waals surface area contributed by atoms with Gasteiger partial charge in [-0.1, -0.05) is 29.8 Å². The predicted octanol–water partition coefficient (Wildman–Crippen LogP) is 2.99. The zero-order valence-corrected chi connectivity index (χ0v) is 12.0. The molecule has 0 spiro atoms. The summed E-state index contributed by atoms with van der Waals surface area (Å²) in [7, 11) is 0. The van der Waals surface area contributed by atoms with Crippen molar-refractivity contribution in [3.63, 3.8) is 0 Å². The summed E-state index contributed by atoms with van der Waals surface area (Å²) in [5.41, 5.74) is 3.34. The summed E-state index contributed by atoms with van der Waals surface area (Å²) in [6.45, 7) is 1.46. The number of hydrogen-bond acceptors (Lipinski definition) is 4. The maximum atomic E-state index is 5.77. The number of hydrogen-bond donors (Lipinski definition) is 1. The van der Waals surface area contributed by atoms with Crippen LogP contribution in [0.5, 0.6) is 0 Å². The first kappa shape index (κ1) is 13.6. The summed E-state index contributed by atoms with van der Waals surface area (Å²) in [6.07, 6.45) is 5.19. The fourth-order valence-corrected chi connectivity index (χ4v) is 2.12. The zero-order chi connectivity index (χ0) is 14.5. The first-order chi connectivity index (χ1) is 10.3. The number of anilines is 1. The number of pyridine rings is 1. The van der Waals surface area contributed by atoms with E-state index in [0.29, 0.717) is 11.7 Å². The van der Waals surface area contributed by atoms with Gasteiger partial charge >= 0.3 is 0 Å². The van der Waals surface area contributed by atoms with Crippen molar-refractivity contribution in [2.45, 2.75) is 13.1 Å². The summed E-state index contributed by atoms with van der Waals surface area (Å²) in [4.78, 5) is 4.07. The third-order valence-corrected chi connectivity index (χ3v) is 3.27. The number of nitrogens with one attached hydrogen (secondary N) is 1. The zero-order valence-electron chi connectivity index (χ0n) is 11.3. The molecule has 3 aromatic rings. The van der Waals surface area contributed by atoms with Crippen LogP contribution in [-0.2, 0) is 13.1 Å². The molecule has 1 aromatic carbocycles. The molecule has 2 heterocycles. The molecular weight excluding hydrogens is 286 g/mol. The van der Waals surface area contributed by atoms with E-state index in [1.165, 1.54) is 5.56 Å². The molecular formula is C15H14ClN5. The van der Waals surface area contributed by atoms with E-state index in [2.05, 4.69) is 32.6 Å². The molecule has 0 saturated heterocycles. The van der Waals surface area contributed by atoms with Crippen molar-refractivity contribution in [2.75, 3.05) is 5.32 Å². The van der Waals surface area contributed by atoms with Crippen molar-refractivity contribution in [1.29, 1.82) is 0 Å². The molecule has 0 aliphatic carbocycles. The topological polar surface area (TPSA) is 55.6 Å². The van der Waals surface area contributed by atoms with E-state index in [4.69, 9.17) is 11.6 Å². The van der Waals surface area contributed by atoms with Crippen molar-refractivity contribution in [3.05, 3.63) is 71.5 Å². The third kappa shape index (κ3) is 3.79. The van der Waals surface area contributed by atoms with E-state index in [-0.39, 0.29) is 0 Å². The normalized spacial score (nSPS) is 10.5. The van der Waals surface area contributed by atoms with Crippen LogP contribution in [0.4, 0.5) is 5.69 Å². The molecule has 106 valence electrons. The molecule has 2 aromatic heterocycles. The van der Waals surface area contributed by atoms with Crippen LogP contribution < -0.4 is 5.32 Å². The fourth-order valence-electron chi connectivity index (χ4n) is 2.01. The Morgan fingerprint density at radius 1 is 1.05 bits per heavy atom. The summed E-state index contributed by atoms with van der Waals surface area (Å²) in [6, 6.07) is 12.0. The first-order valence-corrected chi connectivity index (χ1v) is 6.93. The van der Waals surface area contributed by atoms with Crippen LogP contribution in [-0.4, -0.2) is 19.7 Å². The van der Waals surface area contributed by atoms with E-state index >= 15 is 0 Å². The molecule has 0 aliphatic rings. The van der Waals surface area contributed by atoms with Crippen molar-refractivity contribution in [1.82, 2.24) is 19.7 Å².